The van der Waals surface area contributed by atoms with Crippen molar-refractivity contribution in [2.24, 2.45) is 4.99 Å². The molecule has 230 valence electrons. The van der Waals surface area contributed by atoms with Crippen molar-refractivity contribution in [3.8, 4) is 0 Å². The van der Waals surface area contributed by atoms with Crippen molar-refractivity contribution in [3.63, 3.8) is 0 Å². The number of benzene rings is 6. The first kappa shape index (κ1) is 27.0. The minimum Gasteiger partial charge on any atom is -0.456 e. The first-order valence-corrected chi connectivity index (χ1v) is 16.3. The van der Waals surface area contributed by atoms with Gasteiger partial charge in [-0.1, -0.05) is 121 Å². The molecule has 2 aliphatic rings. The van der Waals surface area contributed by atoms with Crippen LogP contribution in [0.15, 0.2) is 153 Å². The number of rotatable bonds is 4. The summed E-state index contributed by atoms with van der Waals surface area (Å²) in [5.41, 5.74) is 9.36. The summed E-state index contributed by atoms with van der Waals surface area (Å²) in [4.78, 5) is 5.28. The highest BCUT2D eigenvalue weighted by Gasteiger charge is 2.29. The topological polar surface area (TPSA) is 74.7 Å². The van der Waals surface area contributed by atoms with E-state index < -0.39 is 0 Å². The third-order valence-corrected chi connectivity index (χ3v) is 9.63. The van der Waals surface area contributed by atoms with Gasteiger partial charge in [0, 0.05) is 28.3 Å². The summed E-state index contributed by atoms with van der Waals surface area (Å²) in [6.07, 6.45) is 1.79. The van der Waals surface area contributed by atoms with Gasteiger partial charge in [0.15, 0.2) is 0 Å². The van der Waals surface area contributed by atoms with E-state index in [-0.39, 0.29) is 12.3 Å². The molecule has 2 unspecified atom stereocenters. The molecule has 0 radical (unpaired) electrons. The number of nitrogens with zero attached hydrogens (tertiary/aromatic N) is 1. The van der Waals surface area contributed by atoms with Gasteiger partial charge in [0.1, 0.15) is 34.9 Å². The van der Waals surface area contributed by atoms with Gasteiger partial charge in [-0.3, -0.25) is 5.32 Å². The number of anilines is 1. The fraction of sp³-hybridized carbons (Fsp3) is 0.0714. The Bertz CT molecular complexity index is 2590. The molecule has 8 aromatic rings. The number of amidine groups is 1. The molecule has 3 N–H and O–H groups in total. The summed E-state index contributed by atoms with van der Waals surface area (Å²) in [6.45, 7) is 0.705. The van der Waals surface area contributed by atoms with Gasteiger partial charge in [-0.25, -0.2) is 4.99 Å². The molecule has 6 heteroatoms. The Kier molecular flexibility index (Phi) is 6.04. The van der Waals surface area contributed by atoms with Crippen LogP contribution in [0.1, 0.15) is 40.1 Å². The van der Waals surface area contributed by atoms with E-state index in [1.54, 1.807) is 0 Å². The summed E-state index contributed by atoms with van der Waals surface area (Å²) in [5.74, 6) is 1.65. The van der Waals surface area contributed by atoms with Crippen LogP contribution >= 0.6 is 0 Å². The van der Waals surface area contributed by atoms with Gasteiger partial charge >= 0.3 is 0 Å². The summed E-state index contributed by atoms with van der Waals surface area (Å²) in [6, 6.07) is 46.3. The van der Waals surface area contributed by atoms with Gasteiger partial charge in [-0.05, 0) is 51.2 Å². The van der Waals surface area contributed by atoms with Crippen LogP contribution in [-0.4, -0.2) is 12.4 Å². The van der Waals surface area contributed by atoms with Crippen LogP contribution in [0, 0.1) is 0 Å². The molecule has 0 saturated carbocycles. The normalized spacial score (nSPS) is 17.6. The van der Waals surface area contributed by atoms with Gasteiger partial charge in [-0.2, -0.15) is 0 Å². The van der Waals surface area contributed by atoms with Gasteiger partial charge < -0.3 is 19.5 Å². The molecule has 0 spiro atoms. The second-order valence-corrected chi connectivity index (χ2v) is 12.4. The molecule has 0 bridgehead atoms. The van der Waals surface area contributed by atoms with E-state index in [1.165, 1.54) is 21.9 Å². The molecule has 10 rings (SSSR count). The highest BCUT2D eigenvalue weighted by atomic mass is 16.4. The Morgan fingerprint density at radius 1 is 0.583 bits per heavy atom. The van der Waals surface area contributed by atoms with Crippen LogP contribution < -0.4 is 16.0 Å². The van der Waals surface area contributed by atoms with Gasteiger partial charge in [-0.15, -0.1) is 0 Å². The lowest BCUT2D eigenvalue weighted by Crippen LogP contribution is -2.45. The van der Waals surface area contributed by atoms with E-state index in [0.29, 0.717) is 6.54 Å². The molecular formula is C42H30N4O2. The number of hydrogen-bond donors (Lipinski definition) is 3. The maximum atomic E-state index is 6.27. The first-order chi connectivity index (χ1) is 23.8. The highest BCUT2D eigenvalue weighted by Crippen LogP contribution is 2.43. The van der Waals surface area contributed by atoms with Crippen molar-refractivity contribution in [2.45, 2.75) is 12.3 Å². The SMILES string of the molecule is C1=C(c2ccc(C3NC(c4cccc5oc6ccccc6c45)=NC(c4ccccc4)N3)c3ccccc23)c2c(oc3ccccc23)NC1. The Morgan fingerprint density at radius 2 is 1.29 bits per heavy atom. The minimum atomic E-state index is -0.258. The zero-order valence-corrected chi connectivity index (χ0v) is 25.9. The third-order valence-electron chi connectivity index (χ3n) is 9.63. The molecule has 6 aromatic carbocycles. The second kappa shape index (κ2) is 10.7. The quantitative estimate of drug-likeness (QED) is 0.182. The molecule has 0 amide bonds. The molecule has 4 heterocycles. The molecule has 2 aliphatic heterocycles. The number of para-hydroxylation sites is 2. The lowest BCUT2D eigenvalue weighted by Gasteiger charge is -2.33. The van der Waals surface area contributed by atoms with Crippen LogP contribution in [0.3, 0.4) is 0 Å². The summed E-state index contributed by atoms with van der Waals surface area (Å²) in [7, 11) is 0. The lowest BCUT2D eigenvalue weighted by molar-refractivity contribution is 0.411. The average Bonchev–Trinajstić information content (AvgIpc) is 3.73. The highest BCUT2D eigenvalue weighted by molar-refractivity contribution is 6.18. The molecular weight excluding hydrogens is 592 g/mol. The predicted octanol–water partition coefficient (Wildman–Crippen LogP) is 9.68. The van der Waals surface area contributed by atoms with Crippen molar-refractivity contribution < 1.29 is 8.83 Å². The molecule has 2 atom stereocenters. The van der Waals surface area contributed by atoms with Crippen molar-refractivity contribution in [3.05, 3.63) is 167 Å². The van der Waals surface area contributed by atoms with E-state index in [0.717, 1.165) is 66.9 Å². The van der Waals surface area contributed by atoms with Crippen LogP contribution in [0.5, 0.6) is 0 Å². The smallest absolute Gasteiger partial charge is 0.202 e. The molecule has 2 aromatic heterocycles. The van der Waals surface area contributed by atoms with Crippen LogP contribution in [-0.2, 0) is 0 Å². The van der Waals surface area contributed by atoms with Gasteiger partial charge in [0.25, 0.3) is 0 Å². The summed E-state index contributed by atoms with van der Waals surface area (Å²) in [5, 5.41) is 16.7. The molecule has 48 heavy (non-hydrogen) atoms. The van der Waals surface area contributed by atoms with E-state index >= 15 is 0 Å². The number of hydrogen-bond acceptors (Lipinski definition) is 6. The molecule has 0 aliphatic carbocycles. The standard InChI is InChI=1S/C42H30N4O2/c1-2-11-25(12-3-1)39-44-40(46-41(45-39)33-17-10-20-36-37(33)31-15-6-8-18-34(31)47-36)30-22-21-28(26-13-4-5-14-27(26)30)29-23-24-43-42-38(29)32-16-7-9-19-35(32)48-42/h1-23,39-40,43-44H,24H2,(H,45,46). The fourth-order valence-corrected chi connectivity index (χ4v) is 7.47. The Labute approximate surface area is 276 Å². The van der Waals surface area contributed by atoms with E-state index in [9.17, 15) is 0 Å². The van der Waals surface area contributed by atoms with Crippen LogP contribution in [0.25, 0.3) is 49.3 Å². The van der Waals surface area contributed by atoms with Gasteiger partial charge in [0.05, 0.1) is 5.56 Å². The summed E-state index contributed by atoms with van der Waals surface area (Å²) >= 11 is 0. The number of nitrogens with one attached hydrogen (secondary N) is 3. The van der Waals surface area contributed by atoms with Crippen molar-refractivity contribution in [2.75, 3.05) is 11.9 Å². The Hall–Kier alpha value is -6.11. The minimum absolute atomic E-state index is 0.220. The van der Waals surface area contributed by atoms with E-state index in [1.807, 2.05) is 42.5 Å². The van der Waals surface area contributed by atoms with E-state index in [4.69, 9.17) is 13.8 Å². The van der Waals surface area contributed by atoms with Crippen LogP contribution in [0.4, 0.5) is 5.88 Å². The number of furan rings is 2. The van der Waals surface area contributed by atoms with Crippen LogP contribution in [0.2, 0.25) is 0 Å². The molecule has 6 nitrogen and oxygen atoms in total. The van der Waals surface area contributed by atoms with Gasteiger partial charge in [0.2, 0.25) is 5.88 Å². The van der Waals surface area contributed by atoms with Crippen molar-refractivity contribution in [1.82, 2.24) is 10.6 Å². The Balaban J connectivity index is 1.13. The average molecular weight is 623 g/mol. The first-order valence-electron chi connectivity index (χ1n) is 16.3. The fourth-order valence-electron chi connectivity index (χ4n) is 7.47. The zero-order chi connectivity index (χ0) is 31.6. The van der Waals surface area contributed by atoms with E-state index in [2.05, 4.69) is 113 Å². The van der Waals surface area contributed by atoms with Crippen molar-refractivity contribution in [1.29, 1.82) is 0 Å². The maximum Gasteiger partial charge on any atom is 0.202 e. The molecule has 0 fully saturated rings. The monoisotopic (exact) mass is 622 g/mol. The summed E-state index contributed by atoms with van der Waals surface area (Å²) < 4.78 is 12.5. The third kappa shape index (κ3) is 4.20. The number of fused-ring (bicyclic) bond motifs is 7. The van der Waals surface area contributed by atoms with Crippen molar-refractivity contribution >= 4 is 61.0 Å². The lowest BCUT2D eigenvalue weighted by atomic mass is 9.88. The predicted molar refractivity (Wildman–Crippen MR) is 194 cm³/mol. The molecule has 0 saturated heterocycles. The largest absolute Gasteiger partial charge is 0.456 e. The Morgan fingerprint density at radius 3 is 2.15 bits per heavy atom. The zero-order valence-electron chi connectivity index (χ0n) is 25.9. The second-order valence-electron chi connectivity index (χ2n) is 12.4. The maximum absolute atomic E-state index is 6.27. The number of aliphatic imine (C=N–C) groups is 1.